The Labute approximate surface area is 133 Å². The second-order valence-corrected chi connectivity index (χ2v) is 6.19. The van der Waals surface area contributed by atoms with E-state index in [-0.39, 0.29) is 5.69 Å². The van der Waals surface area contributed by atoms with Crippen molar-refractivity contribution < 1.29 is 9.59 Å². The molecule has 22 heavy (non-hydrogen) atoms. The minimum absolute atomic E-state index is 0.153. The molecule has 0 aromatic carbocycles. The Morgan fingerprint density at radius 3 is 2.73 bits per heavy atom. The number of thiophene rings is 1. The number of nitrogens with two attached hydrogens (primary N) is 1. The minimum atomic E-state index is -0.623. The summed E-state index contributed by atoms with van der Waals surface area (Å²) in [5, 5.41) is 6.02. The van der Waals surface area contributed by atoms with E-state index in [0.717, 1.165) is 11.8 Å². The van der Waals surface area contributed by atoms with Crippen molar-refractivity contribution in [2.75, 3.05) is 5.32 Å². The molecule has 0 aliphatic rings. The summed E-state index contributed by atoms with van der Waals surface area (Å²) in [4.78, 5) is 31.4. The van der Waals surface area contributed by atoms with E-state index in [0.29, 0.717) is 20.6 Å². The van der Waals surface area contributed by atoms with Gasteiger partial charge in [0.2, 0.25) is 0 Å². The summed E-state index contributed by atoms with van der Waals surface area (Å²) in [6.45, 7) is 0. The van der Waals surface area contributed by atoms with Crippen molar-refractivity contribution in [3.63, 3.8) is 0 Å². The first-order valence-corrected chi connectivity index (χ1v) is 7.89. The third-order valence-corrected chi connectivity index (χ3v) is 4.70. The van der Waals surface area contributed by atoms with Gasteiger partial charge in [-0.05, 0) is 23.6 Å². The summed E-state index contributed by atoms with van der Waals surface area (Å²) in [7, 11) is 0. The minimum Gasteiger partial charge on any atom is -0.364 e. The SMILES string of the molecule is NC(=O)c1nc(-c2ccncc2)sc1Nc1ccsc1C=O. The number of hydrogen-bond acceptors (Lipinski definition) is 7. The highest BCUT2D eigenvalue weighted by Gasteiger charge is 2.18. The molecular weight excluding hydrogens is 320 g/mol. The number of pyridine rings is 1. The number of nitrogens with one attached hydrogen (secondary N) is 1. The molecule has 0 atom stereocenters. The molecule has 6 nitrogen and oxygen atoms in total. The monoisotopic (exact) mass is 330 g/mol. The van der Waals surface area contributed by atoms with E-state index in [2.05, 4.69) is 15.3 Å². The summed E-state index contributed by atoms with van der Waals surface area (Å²) in [6, 6.07) is 5.37. The first-order valence-electron chi connectivity index (χ1n) is 6.19. The highest BCUT2D eigenvalue weighted by Crippen LogP contribution is 2.35. The van der Waals surface area contributed by atoms with Crippen LogP contribution in [-0.4, -0.2) is 22.2 Å². The van der Waals surface area contributed by atoms with Crippen LogP contribution in [0.3, 0.4) is 0 Å². The first-order chi connectivity index (χ1) is 10.7. The van der Waals surface area contributed by atoms with Gasteiger partial charge < -0.3 is 11.1 Å². The molecule has 0 bridgehead atoms. The van der Waals surface area contributed by atoms with Gasteiger partial charge in [0.15, 0.2) is 12.0 Å². The van der Waals surface area contributed by atoms with Crippen LogP contribution < -0.4 is 11.1 Å². The Kier molecular flexibility index (Phi) is 3.94. The van der Waals surface area contributed by atoms with Crippen molar-refractivity contribution in [2.45, 2.75) is 0 Å². The molecule has 0 spiro atoms. The molecule has 3 N–H and O–H groups in total. The van der Waals surface area contributed by atoms with E-state index < -0.39 is 5.91 Å². The fourth-order valence-corrected chi connectivity index (χ4v) is 3.47. The van der Waals surface area contributed by atoms with E-state index in [9.17, 15) is 9.59 Å². The number of rotatable bonds is 5. The first kappa shape index (κ1) is 14.4. The van der Waals surface area contributed by atoms with Crippen LogP contribution in [-0.2, 0) is 0 Å². The van der Waals surface area contributed by atoms with Gasteiger partial charge in [-0.25, -0.2) is 4.98 Å². The predicted molar refractivity (Wildman–Crippen MR) is 86.9 cm³/mol. The quantitative estimate of drug-likeness (QED) is 0.701. The molecule has 3 aromatic rings. The average molecular weight is 330 g/mol. The van der Waals surface area contributed by atoms with Gasteiger partial charge in [-0.2, -0.15) is 0 Å². The van der Waals surface area contributed by atoms with Gasteiger partial charge in [-0.15, -0.1) is 11.3 Å². The summed E-state index contributed by atoms with van der Waals surface area (Å²) < 4.78 is 0. The zero-order chi connectivity index (χ0) is 15.5. The normalized spacial score (nSPS) is 10.4. The van der Waals surface area contributed by atoms with E-state index in [1.165, 1.54) is 22.7 Å². The lowest BCUT2D eigenvalue weighted by atomic mass is 10.3. The van der Waals surface area contributed by atoms with Crippen molar-refractivity contribution in [3.05, 3.63) is 46.5 Å². The summed E-state index contributed by atoms with van der Waals surface area (Å²) in [5.74, 6) is -0.623. The number of hydrogen-bond donors (Lipinski definition) is 2. The van der Waals surface area contributed by atoms with Gasteiger partial charge in [0.05, 0.1) is 10.6 Å². The third-order valence-electron chi connectivity index (χ3n) is 2.84. The number of amides is 1. The fraction of sp³-hybridized carbons (Fsp3) is 0. The topological polar surface area (TPSA) is 98.0 Å². The Balaban J connectivity index is 2.01. The maximum Gasteiger partial charge on any atom is 0.270 e. The molecule has 110 valence electrons. The standard InChI is InChI=1S/C14H10N4O2S2/c15-12(20)11-14(17-9-3-6-21-10(9)7-19)22-13(18-11)8-1-4-16-5-2-8/h1-7,17H,(H2,15,20). The van der Waals surface area contributed by atoms with Gasteiger partial charge in [0.1, 0.15) is 10.0 Å². The Bertz CT molecular complexity index is 826. The molecule has 8 heteroatoms. The fourth-order valence-electron chi connectivity index (χ4n) is 1.83. The molecule has 0 saturated carbocycles. The predicted octanol–water partition coefficient (Wildman–Crippen LogP) is 2.92. The molecule has 0 fully saturated rings. The van der Waals surface area contributed by atoms with Crippen LogP contribution in [0.1, 0.15) is 20.2 Å². The molecule has 0 radical (unpaired) electrons. The van der Waals surface area contributed by atoms with E-state index in [1.807, 2.05) is 0 Å². The number of aldehydes is 1. The lowest BCUT2D eigenvalue weighted by molar-refractivity contribution is 0.0996. The van der Waals surface area contributed by atoms with Crippen LogP contribution in [0.15, 0.2) is 36.0 Å². The molecule has 0 aliphatic carbocycles. The number of carbonyl (C=O) groups excluding carboxylic acids is 2. The smallest absolute Gasteiger partial charge is 0.270 e. The number of anilines is 2. The van der Waals surface area contributed by atoms with Crippen LogP contribution in [0.5, 0.6) is 0 Å². The van der Waals surface area contributed by atoms with Crippen LogP contribution in [0, 0.1) is 0 Å². The van der Waals surface area contributed by atoms with E-state index >= 15 is 0 Å². The maximum absolute atomic E-state index is 11.6. The van der Waals surface area contributed by atoms with Gasteiger partial charge in [0, 0.05) is 18.0 Å². The zero-order valence-electron chi connectivity index (χ0n) is 11.1. The van der Waals surface area contributed by atoms with Crippen LogP contribution in [0.4, 0.5) is 10.7 Å². The second kappa shape index (κ2) is 6.04. The summed E-state index contributed by atoms with van der Waals surface area (Å²) in [6.07, 6.45) is 4.07. The van der Waals surface area contributed by atoms with E-state index in [4.69, 9.17) is 5.73 Å². The Hall–Kier alpha value is -2.58. The van der Waals surface area contributed by atoms with Gasteiger partial charge >= 0.3 is 0 Å². The second-order valence-electron chi connectivity index (χ2n) is 4.24. The van der Waals surface area contributed by atoms with Crippen molar-refractivity contribution in [2.24, 2.45) is 5.73 Å². The number of primary amides is 1. The van der Waals surface area contributed by atoms with Gasteiger partial charge in [-0.1, -0.05) is 11.3 Å². The summed E-state index contributed by atoms with van der Waals surface area (Å²) in [5.41, 5.74) is 7.02. The molecule has 3 heterocycles. The largest absolute Gasteiger partial charge is 0.364 e. The van der Waals surface area contributed by atoms with Crippen LogP contribution in [0.25, 0.3) is 10.6 Å². The van der Waals surface area contributed by atoms with Crippen molar-refractivity contribution in [1.29, 1.82) is 0 Å². The number of nitrogens with zero attached hydrogens (tertiary/aromatic N) is 2. The number of thiazole rings is 1. The van der Waals surface area contributed by atoms with Crippen molar-refractivity contribution >= 4 is 45.6 Å². The van der Waals surface area contributed by atoms with Crippen molar-refractivity contribution in [1.82, 2.24) is 9.97 Å². The van der Waals surface area contributed by atoms with Crippen LogP contribution in [0.2, 0.25) is 0 Å². The molecular formula is C14H10N4O2S2. The van der Waals surface area contributed by atoms with E-state index in [1.54, 1.807) is 36.0 Å². The molecule has 3 rings (SSSR count). The van der Waals surface area contributed by atoms with Crippen molar-refractivity contribution in [3.8, 4) is 10.6 Å². The molecule has 0 aliphatic heterocycles. The van der Waals surface area contributed by atoms with Gasteiger partial charge in [-0.3, -0.25) is 14.6 Å². The maximum atomic E-state index is 11.6. The Morgan fingerprint density at radius 1 is 1.27 bits per heavy atom. The summed E-state index contributed by atoms with van der Waals surface area (Å²) >= 11 is 2.61. The third kappa shape index (κ3) is 2.74. The molecule has 3 aromatic heterocycles. The zero-order valence-corrected chi connectivity index (χ0v) is 12.8. The molecule has 1 amide bonds. The lowest BCUT2D eigenvalue weighted by Crippen LogP contribution is -2.13. The highest BCUT2D eigenvalue weighted by atomic mass is 32.1. The van der Waals surface area contributed by atoms with Gasteiger partial charge in [0.25, 0.3) is 5.91 Å². The molecule has 0 unspecified atom stereocenters. The average Bonchev–Trinajstić information content (AvgIpc) is 3.15. The number of aromatic nitrogens is 2. The lowest BCUT2D eigenvalue weighted by Gasteiger charge is -2.02. The number of carbonyl (C=O) groups is 2. The highest BCUT2D eigenvalue weighted by molar-refractivity contribution is 7.19. The molecule has 0 saturated heterocycles. The Morgan fingerprint density at radius 2 is 2.05 bits per heavy atom. The van der Waals surface area contributed by atoms with Crippen LogP contribution >= 0.6 is 22.7 Å².